The normalized spacial score (nSPS) is 10.6. The quantitative estimate of drug-likeness (QED) is 0.337. The zero-order valence-corrected chi connectivity index (χ0v) is 18.7. The van der Waals surface area contributed by atoms with Crippen LogP contribution in [-0.2, 0) is 11.3 Å². The van der Waals surface area contributed by atoms with Gasteiger partial charge >= 0.3 is 0 Å². The molecule has 156 valence electrons. The third kappa shape index (κ3) is 5.64. The first-order chi connectivity index (χ1) is 15.1. The maximum atomic E-state index is 12.2. The number of carbonyl (C=O) groups is 1. The van der Waals surface area contributed by atoms with Crippen LogP contribution in [0.25, 0.3) is 21.8 Å². The molecule has 0 aliphatic carbocycles. The predicted octanol–water partition coefficient (Wildman–Crippen LogP) is 6.48. The van der Waals surface area contributed by atoms with E-state index >= 15 is 0 Å². The number of rotatable bonds is 7. The molecule has 0 radical (unpaired) electrons. The van der Waals surface area contributed by atoms with Crippen molar-refractivity contribution < 1.29 is 9.53 Å². The van der Waals surface area contributed by atoms with Crippen LogP contribution in [0.15, 0.2) is 78.2 Å². The molecule has 0 bridgehead atoms. The molecule has 0 fully saturated rings. The Balaban J connectivity index is 1.35. The fraction of sp³-hybridized carbons (Fsp3) is 0.0833. The average Bonchev–Trinajstić information content (AvgIpc) is 3.28. The molecule has 1 heterocycles. The maximum Gasteiger partial charge on any atom is 0.258 e. The summed E-state index contributed by atoms with van der Waals surface area (Å²) in [5.41, 5.74) is 4.04. The topological polar surface area (TPSA) is 51.2 Å². The number of ether oxygens (including phenoxy) is 1. The lowest BCUT2D eigenvalue weighted by atomic mass is 10.1. The Kier molecular flexibility index (Phi) is 6.87. The lowest BCUT2D eigenvalue weighted by Crippen LogP contribution is -2.28. The Morgan fingerprint density at radius 2 is 1.77 bits per heavy atom. The first-order valence-electron chi connectivity index (χ1n) is 9.53. The Morgan fingerprint density at radius 1 is 0.968 bits per heavy atom. The standard InChI is InChI=1S/C24H18Cl2N2O2S/c25-19-9-10-22(20(26)12-19)30-14-23(29)27-13-16-5-4-8-18(11-16)24-28-21(15-31-24)17-6-2-1-3-7-17/h1-12,15H,13-14H2,(H,27,29). The highest BCUT2D eigenvalue weighted by Gasteiger charge is 2.09. The smallest absolute Gasteiger partial charge is 0.258 e. The van der Waals surface area contributed by atoms with E-state index in [0.717, 1.165) is 27.4 Å². The number of hydrogen-bond donors (Lipinski definition) is 1. The predicted molar refractivity (Wildman–Crippen MR) is 127 cm³/mol. The molecule has 7 heteroatoms. The number of nitrogens with zero attached hydrogens (tertiary/aromatic N) is 1. The molecule has 0 aliphatic heterocycles. The molecule has 1 N–H and O–H groups in total. The first kappa shape index (κ1) is 21.4. The lowest BCUT2D eigenvalue weighted by molar-refractivity contribution is -0.123. The Bertz CT molecular complexity index is 1200. The van der Waals surface area contributed by atoms with Crippen molar-refractivity contribution in [2.24, 2.45) is 0 Å². The van der Waals surface area contributed by atoms with E-state index < -0.39 is 0 Å². The monoisotopic (exact) mass is 468 g/mol. The zero-order valence-electron chi connectivity index (χ0n) is 16.3. The Morgan fingerprint density at radius 3 is 2.58 bits per heavy atom. The molecule has 3 aromatic carbocycles. The summed E-state index contributed by atoms with van der Waals surface area (Å²) in [6.45, 7) is 0.259. The van der Waals surface area contributed by atoms with Gasteiger partial charge in [-0.2, -0.15) is 0 Å². The second-order valence-corrected chi connectivity index (χ2v) is 8.45. The van der Waals surface area contributed by atoms with Gasteiger partial charge < -0.3 is 10.1 Å². The van der Waals surface area contributed by atoms with Crippen LogP contribution in [0.1, 0.15) is 5.56 Å². The number of benzene rings is 3. The summed E-state index contributed by atoms with van der Waals surface area (Å²) in [5.74, 6) is 0.179. The molecular weight excluding hydrogens is 451 g/mol. The van der Waals surface area contributed by atoms with Crippen LogP contribution in [0, 0.1) is 0 Å². The van der Waals surface area contributed by atoms with Crippen molar-refractivity contribution in [1.82, 2.24) is 10.3 Å². The molecule has 0 unspecified atom stereocenters. The molecule has 31 heavy (non-hydrogen) atoms. The van der Waals surface area contributed by atoms with E-state index in [9.17, 15) is 4.79 Å². The summed E-state index contributed by atoms with van der Waals surface area (Å²) in [4.78, 5) is 16.9. The zero-order chi connectivity index (χ0) is 21.6. The lowest BCUT2D eigenvalue weighted by Gasteiger charge is -2.09. The fourth-order valence-electron chi connectivity index (χ4n) is 2.95. The summed E-state index contributed by atoms with van der Waals surface area (Å²) < 4.78 is 5.47. The highest BCUT2D eigenvalue weighted by Crippen LogP contribution is 2.29. The number of thiazole rings is 1. The van der Waals surface area contributed by atoms with Crippen molar-refractivity contribution in [1.29, 1.82) is 0 Å². The van der Waals surface area contributed by atoms with E-state index in [0.29, 0.717) is 22.3 Å². The van der Waals surface area contributed by atoms with Crippen molar-refractivity contribution in [2.75, 3.05) is 6.61 Å². The van der Waals surface area contributed by atoms with Gasteiger partial charge in [-0.3, -0.25) is 4.79 Å². The van der Waals surface area contributed by atoms with Crippen molar-refractivity contribution in [3.63, 3.8) is 0 Å². The van der Waals surface area contributed by atoms with Crippen LogP contribution in [0.4, 0.5) is 0 Å². The van der Waals surface area contributed by atoms with Crippen molar-refractivity contribution in [2.45, 2.75) is 6.54 Å². The second kappa shape index (κ2) is 9.96. The molecule has 0 atom stereocenters. The van der Waals surface area contributed by atoms with E-state index in [2.05, 4.69) is 10.7 Å². The van der Waals surface area contributed by atoms with E-state index in [1.807, 2.05) is 54.6 Å². The van der Waals surface area contributed by atoms with Crippen LogP contribution in [-0.4, -0.2) is 17.5 Å². The number of halogens is 2. The van der Waals surface area contributed by atoms with Crippen molar-refractivity contribution in [3.8, 4) is 27.6 Å². The van der Waals surface area contributed by atoms with Crippen LogP contribution < -0.4 is 10.1 Å². The highest BCUT2D eigenvalue weighted by molar-refractivity contribution is 7.13. The molecule has 4 aromatic rings. The van der Waals surface area contributed by atoms with Gasteiger partial charge in [0, 0.05) is 28.1 Å². The minimum absolute atomic E-state index is 0.131. The van der Waals surface area contributed by atoms with E-state index in [1.54, 1.807) is 29.5 Å². The highest BCUT2D eigenvalue weighted by atomic mass is 35.5. The van der Waals surface area contributed by atoms with Crippen LogP contribution in [0.5, 0.6) is 5.75 Å². The van der Waals surface area contributed by atoms with Crippen molar-refractivity contribution >= 4 is 40.4 Å². The number of nitrogens with one attached hydrogen (secondary N) is 1. The van der Waals surface area contributed by atoms with Gasteiger partial charge in [-0.25, -0.2) is 4.98 Å². The third-order valence-electron chi connectivity index (χ3n) is 4.49. The fourth-order valence-corrected chi connectivity index (χ4v) is 4.24. The average molecular weight is 469 g/mol. The van der Waals surface area contributed by atoms with Gasteiger partial charge in [0.25, 0.3) is 5.91 Å². The minimum atomic E-state index is -0.239. The maximum absolute atomic E-state index is 12.2. The van der Waals surface area contributed by atoms with Crippen LogP contribution >= 0.6 is 34.5 Å². The number of carbonyl (C=O) groups excluding carboxylic acids is 1. The van der Waals surface area contributed by atoms with Gasteiger partial charge in [0.15, 0.2) is 6.61 Å². The first-order valence-corrected chi connectivity index (χ1v) is 11.2. The molecule has 0 saturated carbocycles. The molecule has 0 spiro atoms. The van der Waals surface area contributed by atoms with E-state index in [-0.39, 0.29) is 12.5 Å². The third-order valence-corrected chi connectivity index (χ3v) is 5.91. The van der Waals surface area contributed by atoms with Crippen LogP contribution in [0.3, 0.4) is 0 Å². The number of hydrogen-bond acceptors (Lipinski definition) is 4. The summed E-state index contributed by atoms with van der Waals surface area (Å²) in [7, 11) is 0. The molecular formula is C24H18Cl2N2O2S. The van der Waals surface area contributed by atoms with Gasteiger partial charge in [0.2, 0.25) is 0 Å². The minimum Gasteiger partial charge on any atom is -0.482 e. The van der Waals surface area contributed by atoms with Gasteiger partial charge in [0.1, 0.15) is 10.8 Å². The summed E-state index contributed by atoms with van der Waals surface area (Å²) in [6.07, 6.45) is 0. The van der Waals surface area contributed by atoms with Crippen molar-refractivity contribution in [3.05, 3.63) is 93.8 Å². The Labute approximate surface area is 194 Å². The van der Waals surface area contributed by atoms with Gasteiger partial charge in [-0.1, -0.05) is 71.7 Å². The van der Waals surface area contributed by atoms with E-state index in [1.165, 1.54) is 0 Å². The SMILES string of the molecule is O=C(COc1ccc(Cl)cc1Cl)NCc1cccc(-c2nc(-c3ccccc3)cs2)c1. The van der Waals surface area contributed by atoms with Gasteiger partial charge in [-0.05, 0) is 29.8 Å². The van der Waals surface area contributed by atoms with Gasteiger partial charge in [-0.15, -0.1) is 11.3 Å². The van der Waals surface area contributed by atoms with E-state index in [4.69, 9.17) is 32.9 Å². The molecule has 1 aromatic heterocycles. The molecule has 0 aliphatic rings. The summed E-state index contributed by atoms with van der Waals surface area (Å²) in [5, 5.41) is 6.73. The summed E-state index contributed by atoms with van der Waals surface area (Å²) in [6, 6.07) is 22.9. The Hall–Kier alpha value is -2.86. The van der Waals surface area contributed by atoms with Crippen LogP contribution in [0.2, 0.25) is 10.0 Å². The number of aromatic nitrogens is 1. The molecule has 4 rings (SSSR count). The largest absolute Gasteiger partial charge is 0.482 e. The van der Waals surface area contributed by atoms with Gasteiger partial charge in [0.05, 0.1) is 10.7 Å². The second-order valence-electron chi connectivity index (χ2n) is 6.74. The molecule has 0 saturated heterocycles. The molecule has 4 nitrogen and oxygen atoms in total. The summed E-state index contributed by atoms with van der Waals surface area (Å²) >= 11 is 13.5. The number of amides is 1. The molecule has 1 amide bonds.